The fourth-order valence-electron chi connectivity index (χ4n) is 3.29. The maximum Gasteiger partial charge on any atom is 0.261 e. The predicted molar refractivity (Wildman–Crippen MR) is 108 cm³/mol. The summed E-state index contributed by atoms with van der Waals surface area (Å²) in [7, 11) is 3.07. The molecule has 0 aliphatic heterocycles. The number of H-pyrrole nitrogens is 1. The minimum absolute atomic E-state index is 0.207. The van der Waals surface area contributed by atoms with Gasteiger partial charge in [-0.3, -0.25) is 4.79 Å². The summed E-state index contributed by atoms with van der Waals surface area (Å²) in [5, 5.41) is 5.57. The van der Waals surface area contributed by atoms with Crippen molar-refractivity contribution >= 4 is 33.3 Å². The molecule has 0 bridgehead atoms. The molecule has 2 aromatic heterocycles. The number of anilines is 1. The lowest BCUT2D eigenvalue weighted by atomic mass is 10.1. The summed E-state index contributed by atoms with van der Waals surface area (Å²) in [4.78, 5) is 19.0. The van der Waals surface area contributed by atoms with Gasteiger partial charge in [-0.05, 0) is 24.6 Å². The second kappa shape index (κ2) is 6.32. The van der Waals surface area contributed by atoms with Gasteiger partial charge in [-0.25, -0.2) is 9.53 Å². The van der Waals surface area contributed by atoms with Gasteiger partial charge in [-0.1, -0.05) is 12.1 Å². The van der Waals surface area contributed by atoms with Gasteiger partial charge in [-0.2, -0.15) is 5.10 Å². The van der Waals surface area contributed by atoms with Crippen molar-refractivity contribution in [1.82, 2.24) is 14.8 Å². The van der Waals surface area contributed by atoms with Crippen LogP contribution in [-0.4, -0.2) is 29.0 Å². The van der Waals surface area contributed by atoms with Crippen LogP contribution in [0.4, 0.5) is 11.5 Å². The number of fused-ring (bicyclic) bond motifs is 3. The SMILES string of the molecule is [C-]#[N+]c1ccc(C)c(-n2nc3c(c2N)c(=O)[nH]c2cc(OC)c(OC)cc23)c1. The molecule has 0 amide bonds. The molecule has 0 saturated carbocycles. The molecule has 0 saturated heterocycles. The monoisotopic (exact) mass is 375 g/mol. The summed E-state index contributed by atoms with van der Waals surface area (Å²) >= 11 is 0. The Labute approximate surface area is 159 Å². The summed E-state index contributed by atoms with van der Waals surface area (Å²) < 4.78 is 12.2. The van der Waals surface area contributed by atoms with Gasteiger partial charge in [0, 0.05) is 11.5 Å². The van der Waals surface area contributed by atoms with E-state index in [-0.39, 0.29) is 16.8 Å². The zero-order valence-electron chi connectivity index (χ0n) is 15.5. The second-order valence-electron chi connectivity index (χ2n) is 6.31. The minimum atomic E-state index is -0.350. The maximum atomic E-state index is 12.7. The van der Waals surface area contributed by atoms with Gasteiger partial charge < -0.3 is 20.2 Å². The summed E-state index contributed by atoms with van der Waals surface area (Å²) in [6, 6.07) is 8.70. The van der Waals surface area contributed by atoms with E-state index >= 15 is 0 Å². The molecule has 0 atom stereocenters. The van der Waals surface area contributed by atoms with Crippen LogP contribution in [0.3, 0.4) is 0 Å². The van der Waals surface area contributed by atoms with Crippen LogP contribution in [-0.2, 0) is 0 Å². The summed E-state index contributed by atoms with van der Waals surface area (Å²) in [5.74, 6) is 1.22. The Kier molecular flexibility index (Phi) is 3.93. The van der Waals surface area contributed by atoms with E-state index in [0.29, 0.717) is 39.3 Å². The Morgan fingerprint density at radius 3 is 2.57 bits per heavy atom. The number of nitrogen functional groups attached to an aromatic ring is 1. The van der Waals surface area contributed by atoms with Crippen molar-refractivity contribution < 1.29 is 9.47 Å². The van der Waals surface area contributed by atoms with Crippen molar-refractivity contribution in [2.75, 3.05) is 20.0 Å². The van der Waals surface area contributed by atoms with Gasteiger partial charge >= 0.3 is 0 Å². The van der Waals surface area contributed by atoms with Gasteiger partial charge in [0.05, 0.1) is 32.0 Å². The molecule has 0 unspecified atom stereocenters. The number of benzene rings is 2. The van der Waals surface area contributed by atoms with E-state index in [1.807, 2.05) is 13.0 Å². The predicted octanol–water partition coefficient (Wildman–Crippen LogP) is 3.33. The van der Waals surface area contributed by atoms with Crippen LogP contribution in [0.25, 0.3) is 32.3 Å². The Hall–Kier alpha value is -3.99. The standard InChI is InChI=1S/C20H17N5O3/c1-10-5-6-11(22-2)7-14(10)25-19(21)17-18(24-25)12-8-15(27-3)16(28-4)9-13(12)23-20(17)26/h5-9H,21H2,1,3-4H3,(H,23,26). The third-order valence-corrected chi connectivity index (χ3v) is 4.73. The Balaban J connectivity index is 2.11. The van der Waals surface area contributed by atoms with E-state index in [0.717, 1.165) is 5.56 Å². The highest BCUT2D eigenvalue weighted by molar-refractivity contribution is 6.07. The molecule has 140 valence electrons. The lowest BCUT2D eigenvalue weighted by Gasteiger charge is -2.09. The number of aryl methyl sites for hydroxylation is 1. The first-order valence-corrected chi connectivity index (χ1v) is 8.43. The normalized spacial score (nSPS) is 10.9. The number of rotatable bonds is 3. The third-order valence-electron chi connectivity index (χ3n) is 4.73. The molecule has 2 aromatic carbocycles. The molecule has 0 aliphatic rings. The van der Waals surface area contributed by atoms with Crippen molar-refractivity contribution in [3.05, 3.63) is 57.7 Å². The summed E-state index contributed by atoms with van der Waals surface area (Å²) in [6.45, 7) is 9.14. The van der Waals surface area contributed by atoms with Crippen LogP contribution < -0.4 is 20.8 Å². The zero-order valence-corrected chi connectivity index (χ0v) is 15.5. The lowest BCUT2D eigenvalue weighted by molar-refractivity contribution is 0.356. The van der Waals surface area contributed by atoms with Crippen LogP contribution in [0.2, 0.25) is 0 Å². The highest BCUT2D eigenvalue weighted by atomic mass is 16.5. The first-order valence-electron chi connectivity index (χ1n) is 8.43. The molecule has 0 spiro atoms. The van der Waals surface area contributed by atoms with Gasteiger partial charge in [0.25, 0.3) is 5.56 Å². The number of ether oxygens (including phenoxy) is 2. The van der Waals surface area contributed by atoms with E-state index in [9.17, 15) is 4.79 Å². The van der Waals surface area contributed by atoms with E-state index < -0.39 is 0 Å². The van der Waals surface area contributed by atoms with E-state index in [2.05, 4.69) is 14.9 Å². The highest BCUT2D eigenvalue weighted by Crippen LogP contribution is 2.35. The number of methoxy groups -OCH3 is 2. The number of aromatic nitrogens is 3. The number of hydrogen-bond acceptors (Lipinski definition) is 5. The van der Waals surface area contributed by atoms with Gasteiger partial charge in [0.1, 0.15) is 16.7 Å². The van der Waals surface area contributed by atoms with Crippen LogP contribution in [0.5, 0.6) is 11.5 Å². The van der Waals surface area contributed by atoms with E-state index in [1.54, 1.807) is 31.4 Å². The molecule has 2 heterocycles. The molecule has 0 fully saturated rings. The molecule has 4 aromatic rings. The van der Waals surface area contributed by atoms with Crippen molar-refractivity contribution in [2.24, 2.45) is 0 Å². The number of aromatic amines is 1. The van der Waals surface area contributed by atoms with Crippen molar-refractivity contribution in [3.63, 3.8) is 0 Å². The Morgan fingerprint density at radius 2 is 1.89 bits per heavy atom. The highest BCUT2D eigenvalue weighted by Gasteiger charge is 2.19. The van der Waals surface area contributed by atoms with Crippen molar-refractivity contribution in [2.45, 2.75) is 6.92 Å². The lowest BCUT2D eigenvalue weighted by Crippen LogP contribution is -2.09. The van der Waals surface area contributed by atoms with Crippen molar-refractivity contribution in [3.8, 4) is 17.2 Å². The van der Waals surface area contributed by atoms with Crippen LogP contribution in [0, 0.1) is 13.5 Å². The molecule has 4 rings (SSSR count). The van der Waals surface area contributed by atoms with Crippen LogP contribution >= 0.6 is 0 Å². The molecule has 28 heavy (non-hydrogen) atoms. The molecule has 0 radical (unpaired) electrons. The fraction of sp³-hybridized carbons (Fsp3) is 0.150. The quantitative estimate of drug-likeness (QED) is 0.535. The number of nitrogens with one attached hydrogen (secondary N) is 1. The first-order chi connectivity index (χ1) is 13.5. The topological polar surface area (TPSA) is 99.5 Å². The molecular formula is C20H17N5O3. The summed E-state index contributed by atoms with van der Waals surface area (Å²) in [5.41, 5.74) is 8.95. The first kappa shape index (κ1) is 17.4. The fourth-order valence-corrected chi connectivity index (χ4v) is 3.29. The smallest absolute Gasteiger partial charge is 0.261 e. The van der Waals surface area contributed by atoms with Crippen LogP contribution in [0.15, 0.2) is 35.1 Å². The largest absolute Gasteiger partial charge is 0.493 e. The summed E-state index contributed by atoms with van der Waals surface area (Å²) in [6.07, 6.45) is 0. The average molecular weight is 375 g/mol. The molecule has 8 nitrogen and oxygen atoms in total. The minimum Gasteiger partial charge on any atom is -0.493 e. The maximum absolute atomic E-state index is 12.7. The Bertz CT molecular complexity index is 1340. The molecule has 8 heteroatoms. The zero-order chi connectivity index (χ0) is 20.0. The van der Waals surface area contributed by atoms with Gasteiger partial charge in [0.2, 0.25) is 0 Å². The number of nitrogens with zero attached hydrogens (tertiary/aromatic N) is 3. The second-order valence-corrected chi connectivity index (χ2v) is 6.31. The number of hydrogen-bond donors (Lipinski definition) is 2. The number of nitrogens with two attached hydrogens (primary N) is 1. The molecular weight excluding hydrogens is 358 g/mol. The van der Waals surface area contributed by atoms with E-state index in [4.69, 9.17) is 21.8 Å². The van der Waals surface area contributed by atoms with Gasteiger partial charge in [-0.15, -0.1) is 0 Å². The Morgan fingerprint density at radius 1 is 1.18 bits per heavy atom. The average Bonchev–Trinajstić information content (AvgIpc) is 3.05. The molecule has 3 N–H and O–H groups in total. The third kappa shape index (κ3) is 2.45. The van der Waals surface area contributed by atoms with Crippen LogP contribution in [0.1, 0.15) is 5.56 Å². The molecule has 0 aliphatic carbocycles. The van der Waals surface area contributed by atoms with Crippen molar-refractivity contribution in [1.29, 1.82) is 0 Å². The van der Waals surface area contributed by atoms with Gasteiger partial charge in [0.15, 0.2) is 17.2 Å². The number of pyridine rings is 1. The van der Waals surface area contributed by atoms with E-state index in [1.165, 1.54) is 11.8 Å².